The molecular weight excluding hydrogens is 561 g/mol. The monoisotopic (exact) mass is 582 g/mol. The van der Waals surface area contributed by atoms with E-state index < -0.39 is 49.0 Å². The quantitative estimate of drug-likeness (QED) is 0.0376. The first-order chi connectivity index (χ1) is 17.0. The number of hydrogen-bond acceptors (Lipinski definition) is 11. The van der Waals surface area contributed by atoms with Gasteiger partial charge in [0.25, 0.3) is 11.6 Å². The fraction of sp³-hybridized carbons (Fsp3) is 0.211. The second-order valence-corrected chi connectivity index (χ2v) is 11.4. The zero-order valence-corrected chi connectivity index (χ0v) is 23.9. The largest absolute Gasteiger partial charge is 1.00 e. The van der Waals surface area contributed by atoms with E-state index in [-0.39, 0.29) is 57.9 Å². The second kappa shape index (κ2) is 13.0. The molecule has 2 aromatic carbocycles. The summed E-state index contributed by atoms with van der Waals surface area (Å²) in [5, 5.41) is 36.8. The molecule has 0 spiro atoms. The molecule has 0 aliphatic rings. The Morgan fingerprint density at radius 2 is 1.74 bits per heavy atom. The standard InChI is InChI=1S/C19H22N4O12P2.Na/c1-11(24)17(22-21-15-8-7-14(23(27)28)9-16(15)35-2)18(25)20-13-5-3-12(4-6-13)10-19(26,36(29,30)31)37(32,33)34;/h3-9,24,26H,10H2,1-2H3,(H,20,25)(H2,29,30,31)(H2,32,33,34);/q;+1/p-1/b17-11-,22-21?;. The number of benzene rings is 2. The number of anilines is 1. The SMILES string of the molecule is COc1cc([N+](=O)[O-])ccc1N=N/C(C(=O)Nc1ccc(CC(O)(P(=O)([O-])O)P(=O)(O)O)cc1)=C(/C)O.[Na+]. The van der Waals surface area contributed by atoms with Crippen LogP contribution < -0.4 is 44.5 Å². The molecule has 200 valence electrons. The van der Waals surface area contributed by atoms with Gasteiger partial charge in [-0.3, -0.25) is 19.5 Å². The molecule has 0 saturated carbocycles. The summed E-state index contributed by atoms with van der Waals surface area (Å²) in [6.45, 7) is 1.14. The Balaban J connectivity index is 0.00000722. The Morgan fingerprint density at radius 1 is 1.16 bits per heavy atom. The number of ether oxygens (including phenoxy) is 1. The van der Waals surface area contributed by atoms with Crippen LogP contribution in [-0.4, -0.2) is 47.9 Å². The van der Waals surface area contributed by atoms with E-state index in [9.17, 15) is 48.9 Å². The number of aliphatic hydroxyl groups excluding tert-OH is 1. The Morgan fingerprint density at radius 3 is 2.18 bits per heavy atom. The zero-order chi connectivity index (χ0) is 28.2. The van der Waals surface area contributed by atoms with Gasteiger partial charge in [0.15, 0.2) is 19.0 Å². The second-order valence-electron chi connectivity index (χ2n) is 7.41. The molecule has 19 heteroatoms. The number of carbonyl (C=O) groups is 1. The van der Waals surface area contributed by atoms with E-state index in [0.29, 0.717) is 0 Å². The molecule has 0 aliphatic heterocycles. The van der Waals surface area contributed by atoms with Crippen molar-refractivity contribution in [1.29, 1.82) is 0 Å². The van der Waals surface area contributed by atoms with Gasteiger partial charge in [-0.15, -0.1) is 10.2 Å². The summed E-state index contributed by atoms with van der Waals surface area (Å²) in [4.78, 5) is 61.8. The van der Waals surface area contributed by atoms with Crippen LogP contribution in [0.15, 0.2) is 64.1 Å². The molecule has 0 saturated heterocycles. The molecule has 1 amide bonds. The molecule has 2 unspecified atom stereocenters. The molecule has 2 rings (SSSR count). The number of allylic oxidation sites excluding steroid dienone is 1. The van der Waals surface area contributed by atoms with Crippen molar-refractivity contribution in [2.24, 2.45) is 10.2 Å². The van der Waals surface area contributed by atoms with Gasteiger partial charge in [-0.25, -0.2) is 0 Å². The number of rotatable bonds is 10. The van der Waals surface area contributed by atoms with Crippen LogP contribution in [-0.2, 0) is 20.3 Å². The third-order valence-electron chi connectivity index (χ3n) is 4.76. The van der Waals surface area contributed by atoms with E-state index in [2.05, 4.69) is 15.5 Å². The number of azo groups is 1. The number of methoxy groups -OCH3 is 1. The molecular formula is C19H21N4NaO12P2. The number of hydrogen-bond donors (Lipinski definition) is 6. The van der Waals surface area contributed by atoms with Crippen molar-refractivity contribution < 1.29 is 82.9 Å². The maximum Gasteiger partial charge on any atom is 1.00 e. The number of nitrogens with zero attached hydrogens (tertiary/aromatic N) is 3. The Bertz CT molecular complexity index is 1330. The van der Waals surface area contributed by atoms with Gasteiger partial charge in [-0.1, -0.05) is 12.1 Å². The van der Waals surface area contributed by atoms with E-state index in [1.54, 1.807) is 0 Å². The predicted molar refractivity (Wildman–Crippen MR) is 125 cm³/mol. The van der Waals surface area contributed by atoms with Crippen molar-refractivity contribution >= 4 is 38.2 Å². The van der Waals surface area contributed by atoms with Gasteiger partial charge in [0.2, 0.25) is 5.08 Å². The molecule has 2 atom stereocenters. The van der Waals surface area contributed by atoms with Crippen molar-refractivity contribution in [1.82, 2.24) is 0 Å². The van der Waals surface area contributed by atoms with Crippen molar-refractivity contribution in [2.75, 3.05) is 12.4 Å². The first-order valence-electron chi connectivity index (χ1n) is 9.86. The fourth-order valence-electron chi connectivity index (χ4n) is 2.79. The Kier molecular flexibility index (Phi) is 11.5. The normalized spacial score (nSPS) is 15.4. The smallest absolute Gasteiger partial charge is 0.776 e. The molecule has 2 aromatic rings. The molecule has 0 fully saturated rings. The van der Waals surface area contributed by atoms with E-state index in [1.807, 2.05) is 0 Å². The molecule has 16 nitrogen and oxygen atoms in total. The average Bonchev–Trinajstić information content (AvgIpc) is 2.78. The number of nitro benzene ring substituents is 1. The maximum atomic E-state index is 12.6. The van der Waals surface area contributed by atoms with Crippen molar-refractivity contribution in [3.63, 3.8) is 0 Å². The van der Waals surface area contributed by atoms with E-state index in [4.69, 9.17) is 9.63 Å². The molecule has 0 radical (unpaired) electrons. The van der Waals surface area contributed by atoms with Crippen molar-refractivity contribution in [3.8, 4) is 5.75 Å². The topological polar surface area (TPSA) is 265 Å². The van der Waals surface area contributed by atoms with E-state index in [0.717, 1.165) is 31.2 Å². The zero-order valence-electron chi connectivity index (χ0n) is 20.1. The third kappa shape index (κ3) is 8.01. The minimum atomic E-state index is -5.91. The number of nitro groups is 1. The van der Waals surface area contributed by atoms with Gasteiger partial charge in [0, 0.05) is 18.2 Å². The van der Waals surface area contributed by atoms with Crippen LogP contribution in [0.25, 0.3) is 0 Å². The summed E-state index contributed by atoms with van der Waals surface area (Å²) in [7, 11) is -10.4. The van der Waals surface area contributed by atoms with Gasteiger partial charge in [0.05, 0.1) is 18.1 Å². The first-order valence-corrected chi connectivity index (χ1v) is 13.1. The van der Waals surface area contributed by atoms with E-state index in [1.165, 1.54) is 25.3 Å². The molecule has 0 heterocycles. The van der Waals surface area contributed by atoms with Crippen LogP contribution in [0.1, 0.15) is 12.5 Å². The summed E-state index contributed by atoms with van der Waals surface area (Å²) in [5.41, 5.74) is -0.867. The molecule has 6 N–H and O–H groups in total. The van der Waals surface area contributed by atoms with Crippen LogP contribution in [0, 0.1) is 10.1 Å². The van der Waals surface area contributed by atoms with Gasteiger partial charge in [0.1, 0.15) is 11.4 Å². The van der Waals surface area contributed by atoms with Crippen LogP contribution in [0.2, 0.25) is 0 Å². The summed E-state index contributed by atoms with van der Waals surface area (Å²) in [5.74, 6) is -1.52. The summed E-state index contributed by atoms with van der Waals surface area (Å²) >= 11 is 0. The number of carbonyl (C=O) groups excluding carboxylic acids is 1. The van der Waals surface area contributed by atoms with Gasteiger partial charge < -0.3 is 44.4 Å². The fourth-order valence-corrected chi connectivity index (χ4v) is 4.87. The number of non-ortho nitro benzene ring substituents is 1. The molecule has 38 heavy (non-hydrogen) atoms. The molecule has 0 aromatic heterocycles. The van der Waals surface area contributed by atoms with Crippen molar-refractivity contribution in [3.05, 3.63) is 69.6 Å². The van der Waals surface area contributed by atoms with Crippen LogP contribution in [0.3, 0.4) is 0 Å². The predicted octanol–water partition coefficient (Wildman–Crippen LogP) is -0.969. The van der Waals surface area contributed by atoms with Crippen LogP contribution in [0.4, 0.5) is 17.1 Å². The average molecular weight is 582 g/mol. The van der Waals surface area contributed by atoms with Gasteiger partial charge in [-0.05, 0) is 30.7 Å². The number of nitrogens with one attached hydrogen (secondary N) is 1. The third-order valence-corrected chi connectivity index (χ3v) is 8.46. The number of aliphatic hydroxyl groups is 2. The maximum absolute atomic E-state index is 12.6. The minimum Gasteiger partial charge on any atom is -0.776 e. The van der Waals surface area contributed by atoms with Crippen LogP contribution >= 0.6 is 15.2 Å². The molecule has 0 aliphatic carbocycles. The van der Waals surface area contributed by atoms with Crippen LogP contribution in [0.5, 0.6) is 5.75 Å². The van der Waals surface area contributed by atoms with Gasteiger partial charge in [-0.2, -0.15) is 0 Å². The minimum absolute atomic E-state index is 0. The summed E-state index contributed by atoms with van der Waals surface area (Å²) in [6, 6.07) is 8.02. The van der Waals surface area contributed by atoms with Crippen molar-refractivity contribution in [2.45, 2.75) is 18.4 Å². The molecule has 0 bridgehead atoms. The first kappa shape index (κ1) is 33.5. The van der Waals surface area contributed by atoms with Gasteiger partial charge >= 0.3 is 37.2 Å². The summed E-state index contributed by atoms with van der Waals surface area (Å²) in [6.07, 6.45) is -1.16. The number of amides is 1. The Labute approximate surface area is 236 Å². The Hall–Kier alpha value is -2.49. The summed E-state index contributed by atoms with van der Waals surface area (Å²) < 4.78 is 27.9. The van der Waals surface area contributed by atoms with E-state index >= 15 is 0 Å².